The van der Waals surface area contributed by atoms with Crippen LogP contribution in [0.4, 0.5) is 5.69 Å². The number of anilines is 1. The van der Waals surface area contributed by atoms with Crippen molar-refractivity contribution in [2.75, 3.05) is 5.32 Å². The first-order valence-electron chi connectivity index (χ1n) is 7.54. The van der Waals surface area contributed by atoms with Crippen LogP contribution in [0, 0.1) is 0 Å². The minimum absolute atomic E-state index is 0.00953. The Morgan fingerprint density at radius 3 is 2.72 bits per heavy atom. The maximum atomic E-state index is 11.4. The van der Waals surface area contributed by atoms with Gasteiger partial charge in [0.05, 0.1) is 17.6 Å². The van der Waals surface area contributed by atoms with Crippen molar-refractivity contribution in [1.29, 1.82) is 0 Å². The van der Waals surface area contributed by atoms with E-state index in [1.54, 1.807) is 12.1 Å². The molecular weight excluding hydrogens is 320 g/mol. The van der Waals surface area contributed by atoms with Gasteiger partial charge in [-0.3, -0.25) is 9.59 Å². The number of nitrogens with two attached hydrogens (primary N) is 1. The van der Waals surface area contributed by atoms with E-state index in [-0.39, 0.29) is 23.0 Å². The van der Waals surface area contributed by atoms with Crippen molar-refractivity contribution >= 4 is 23.7 Å². The summed E-state index contributed by atoms with van der Waals surface area (Å²) in [6.45, 7) is 0. The van der Waals surface area contributed by atoms with E-state index in [1.165, 1.54) is 10.9 Å². The van der Waals surface area contributed by atoms with Gasteiger partial charge in [-0.05, 0) is 29.8 Å². The lowest BCUT2D eigenvalue weighted by atomic mass is 9.98. The van der Waals surface area contributed by atoms with Crippen LogP contribution in [-0.2, 0) is 4.79 Å². The number of rotatable bonds is 5. The van der Waals surface area contributed by atoms with Crippen molar-refractivity contribution in [3.63, 3.8) is 0 Å². The van der Waals surface area contributed by atoms with Crippen LogP contribution in [0.3, 0.4) is 0 Å². The van der Waals surface area contributed by atoms with Gasteiger partial charge in [0.2, 0.25) is 6.41 Å². The van der Waals surface area contributed by atoms with Crippen molar-refractivity contribution in [3.05, 3.63) is 72.1 Å². The Morgan fingerprint density at radius 2 is 2.04 bits per heavy atom. The first-order valence-corrected chi connectivity index (χ1v) is 7.54. The van der Waals surface area contributed by atoms with E-state index < -0.39 is 5.91 Å². The molecule has 25 heavy (non-hydrogen) atoms. The molecule has 0 saturated carbocycles. The normalized spacial score (nSPS) is 16.2. The SMILES string of the molecule is NC(=O)c1nn(C2=CC=CC(c3ccc(O)cc3)C=C2)cc1NC=O. The standard InChI is InChI=1S/C18H16N4O3/c19-18(25)17-16(20-11-23)10-22(21-17)14-3-1-2-12(4-7-14)13-5-8-15(24)9-6-13/h1-12,24H,(H2,19,25)(H,20,23). The third-order valence-electron chi connectivity index (χ3n) is 3.76. The number of benzene rings is 1. The largest absolute Gasteiger partial charge is 0.508 e. The average Bonchev–Trinajstić information content (AvgIpc) is 2.86. The maximum absolute atomic E-state index is 11.4. The van der Waals surface area contributed by atoms with E-state index in [0.29, 0.717) is 12.1 Å². The summed E-state index contributed by atoms with van der Waals surface area (Å²) in [6.07, 6.45) is 11.5. The van der Waals surface area contributed by atoms with E-state index in [0.717, 1.165) is 5.56 Å². The molecule has 2 aromatic rings. The smallest absolute Gasteiger partial charge is 0.271 e. The Kier molecular flexibility index (Phi) is 4.47. The van der Waals surface area contributed by atoms with Gasteiger partial charge in [0.1, 0.15) is 5.75 Å². The number of phenols is 1. The average molecular weight is 336 g/mol. The molecule has 0 fully saturated rings. The molecule has 0 radical (unpaired) electrons. The number of primary amides is 1. The molecule has 7 heteroatoms. The number of aromatic nitrogens is 2. The first-order chi connectivity index (χ1) is 12.1. The summed E-state index contributed by atoms with van der Waals surface area (Å²) in [5.74, 6) is -0.471. The third kappa shape index (κ3) is 3.50. The first kappa shape index (κ1) is 16.3. The Labute approximate surface area is 143 Å². The summed E-state index contributed by atoms with van der Waals surface area (Å²) in [6, 6.07) is 6.98. The van der Waals surface area contributed by atoms with Crippen LogP contribution in [0.15, 0.2) is 60.8 Å². The lowest BCUT2D eigenvalue weighted by Gasteiger charge is -2.07. The van der Waals surface area contributed by atoms with Gasteiger partial charge in [0.25, 0.3) is 5.91 Å². The number of hydrogen-bond acceptors (Lipinski definition) is 4. The molecule has 1 aliphatic rings. The molecule has 1 unspecified atom stereocenters. The van der Waals surface area contributed by atoms with Crippen molar-refractivity contribution < 1.29 is 14.7 Å². The summed E-state index contributed by atoms with van der Waals surface area (Å²) in [7, 11) is 0. The predicted molar refractivity (Wildman–Crippen MR) is 93.8 cm³/mol. The Hall–Kier alpha value is -3.61. The van der Waals surface area contributed by atoms with Crippen LogP contribution >= 0.6 is 0 Å². The fraction of sp³-hybridized carbons (Fsp3) is 0.0556. The molecule has 7 nitrogen and oxygen atoms in total. The molecule has 3 rings (SSSR count). The molecule has 2 amide bonds. The lowest BCUT2D eigenvalue weighted by molar-refractivity contribution is -0.105. The highest BCUT2D eigenvalue weighted by Gasteiger charge is 2.15. The molecule has 1 aromatic carbocycles. The van der Waals surface area contributed by atoms with Gasteiger partial charge < -0.3 is 16.2 Å². The van der Waals surface area contributed by atoms with E-state index >= 15 is 0 Å². The van der Waals surface area contributed by atoms with E-state index in [9.17, 15) is 14.7 Å². The zero-order valence-corrected chi connectivity index (χ0v) is 13.2. The number of carbonyl (C=O) groups is 2. The topological polar surface area (TPSA) is 110 Å². The minimum Gasteiger partial charge on any atom is -0.508 e. The monoisotopic (exact) mass is 336 g/mol. The molecule has 4 N–H and O–H groups in total. The summed E-state index contributed by atoms with van der Waals surface area (Å²) in [5, 5.41) is 15.9. The summed E-state index contributed by atoms with van der Waals surface area (Å²) in [4.78, 5) is 22.1. The number of aromatic hydroxyl groups is 1. The van der Waals surface area contributed by atoms with Crippen LogP contribution in [-0.4, -0.2) is 27.2 Å². The van der Waals surface area contributed by atoms with Crippen LogP contribution in [0.1, 0.15) is 22.0 Å². The third-order valence-corrected chi connectivity index (χ3v) is 3.76. The van der Waals surface area contributed by atoms with Crippen LogP contribution in [0.5, 0.6) is 5.75 Å². The lowest BCUT2D eigenvalue weighted by Crippen LogP contribution is -2.14. The quantitative estimate of drug-likeness (QED) is 0.725. The number of carbonyl (C=O) groups excluding carboxylic acids is 2. The van der Waals surface area contributed by atoms with Crippen LogP contribution in [0.25, 0.3) is 5.70 Å². The Bertz CT molecular complexity index is 892. The van der Waals surface area contributed by atoms with E-state index in [2.05, 4.69) is 10.4 Å². The van der Waals surface area contributed by atoms with Gasteiger partial charge in [-0.15, -0.1) is 0 Å². The molecule has 0 saturated heterocycles. The minimum atomic E-state index is -0.723. The molecule has 0 bridgehead atoms. The maximum Gasteiger partial charge on any atom is 0.271 e. The molecule has 1 aromatic heterocycles. The number of nitrogens with one attached hydrogen (secondary N) is 1. The van der Waals surface area contributed by atoms with Crippen LogP contribution < -0.4 is 11.1 Å². The second kappa shape index (κ2) is 6.88. The van der Waals surface area contributed by atoms with Crippen molar-refractivity contribution in [1.82, 2.24) is 9.78 Å². The summed E-state index contributed by atoms with van der Waals surface area (Å²) in [5.41, 5.74) is 7.26. The molecule has 1 aliphatic carbocycles. The number of phenolic OH excluding ortho intramolecular Hbond substituents is 1. The molecule has 0 aliphatic heterocycles. The Morgan fingerprint density at radius 1 is 1.28 bits per heavy atom. The molecule has 0 spiro atoms. The second-order valence-electron chi connectivity index (χ2n) is 5.42. The number of allylic oxidation sites excluding steroid dienone is 6. The van der Waals surface area contributed by atoms with Crippen molar-refractivity contribution in [2.24, 2.45) is 5.73 Å². The van der Waals surface area contributed by atoms with Crippen molar-refractivity contribution in [3.8, 4) is 5.75 Å². The Balaban J connectivity index is 1.88. The van der Waals surface area contributed by atoms with Gasteiger partial charge in [0, 0.05) is 5.92 Å². The predicted octanol–water partition coefficient (Wildman–Crippen LogP) is 2.01. The fourth-order valence-corrected chi connectivity index (χ4v) is 2.52. The number of amides is 2. The van der Waals surface area contributed by atoms with Crippen LogP contribution in [0.2, 0.25) is 0 Å². The summed E-state index contributed by atoms with van der Waals surface area (Å²) < 4.78 is 1.48. The van der Waals surface area contributed by atoms with Gasteiger partial charge in [-0.25, -0.2) is 4.68 Å². The van der Waals surface area contributed by atoms with E-state index in [4.69, 9.17) is 5.73 Å². The highest BCUT2D eigenvalue weighted by Crippen LogP contribution is 2.25. The van der Waals surface area contributed by atoms with E-state index in [1.807, 2.05) is 42.5 Å². The fourth-order valence-electron chi connectivity index (χ4n) is 2.52. The molecule has 1 heterocycles. The molecule has 1 atom stereocenters. The van der Waals surface area contributed by atoms with Gasteiger partial charge in [-0.1, -0.05) is 30.4 Å². The number of nitrogens with zero attached hydrogens (tertiary/aromatic N) is 2. The zero-order valence-electron chi connectivity index (χ0n) is 13.2. The van der Waals surface area contributed by atoms with Gasteiger partial charge in [-0.2, -0.15) is 5.10 Å². The second-order valence-corrected chi connectivity index (χ2v) is 5.42. The van der Waals surface area contributed by atoms with Crippen molar-refractivity contribution in [2.45, 2.75) is 5.92 Å². The molecule has 126 valence electrons. The molecular formula is C18H16N4O3. The highest BCUT2D eigenvalue weighted by atomic mass is 16.3. The highest BCUT2D eigenvalue weighted by molar-refractivity contribution is 5.98. The summed E-state index contributed by atoms with van der Waals surface area (Å²) >= 11 is 0. The van der Waals surface area contributed by atoms with Gasteiger partial charge in [0.15, 0.2) is 5.69 Å². The number of hydrogen-bond donors (Lipinski definition) is 3. The van der Waals surface area contributed by atoms with Gasteiger partial charge >= 0.3 is 0 Å². The zero-order chi connectivity index (χ0) is 17.8.